The van der Waals surface area contributed by atoms with Crippen LogP contribution in [0.3, 0.4) is 0 Å². The number of aryl methyl sites for hydroxylation is 2. The van der Waals surface area contributed by atoms with Crippen molar-refractivity contribution >= 4 is 0 Å². The fourth-order valence-electron chi connectivity index (χ4n) is 1.86. The number of nitrogens with one attached hydrogen (secondary N) is 1. The second-order valence-electron chi connectivity index (χ2n) is 4.56. The average Bonchev–Trinajstić information content (AvgIpc) is 2.32. The van der Waals surface area contributed by atoms with E-state index >= 15 is 0 Å². The highest BCUT2D eigenvalue weighted by Gasteiger charge is 2.01. The van der Waals surface area contributed by atoms with Crippen LogP contribution < -0.4 is 5.32 Å². The molecule has 92 valence electrons. The fourth-order valence-corrected chi connectivity index (χ4v) is 1.86. The van der Waals surface area contributed by atoms with Crippen molar-refractivity contribution in [2.24, 2.45) is 0 Å². The Labute approximate surface area is 106 Å². The number of benzene rings is 1. The fraction of sp³-hybridized carbons (Fsp3) is 0.500. The van der Waals surface area contributed by atoms with E-state index in [1.807, 2.05) is 6.92 Å². The lowest BCUT2D eigenvalue weighted by Crippen LogP contribution is -2.27. The quantitative estimate of drug-likeness (QED) is 0.583. The van der Waals surface area contributed by atoms with Gasteiger partial charge in [0.1, 0.15) is 0 Å². The Hall–Kier alpha value is -1.26. The number of rotatable bonds is 6. The summed E-state index contributed by atoms with van der Waals surface area (Å²) in [5.74, 6) is 5.99. The first-order valence-electron chi connectivity index (χ1n) is 6.41. The summed E-state index contributed by atoms with van der Waals surface area (Å²) < 4.78 is 0. The minimum absolute atomic E-state index is 0.564. The minimum atomic E-state index is 0.564. The van der Waals surface area contributed by atoms with Crippen molar-refractivity contribution in [2.45, 2.75) is 46.1 Å². The molecular formula is C16H23N. The van der Waals surface area contributed by atoms with Crippen molar-refractivity contribution in [2.75, 3.05) is 6.54 Å². The van der Waals surface area contributed by atoms with Crippen LogP contribution in [-0.4, -0.2) is 12.6 Å². The van der Waals surface area contributed by atoms with Crippen molar-refractivity contribution in [3.63, 3.8) is 0 Å². The molecule has 0 aliphatic rings. The van der Waals surface area contributed by atoms with Crippen LogP contribution in [0.2, 0.25) is 0 Å². The van der Waals surface area contributed by atoms with E-state index in [1.54, 1.807) is 0 Å². The van der Waals surface area contributed by atoms with Gasteiger partial charge in [-0.15, -0.1) is 11.8 Å². The highest BCUT2D eigenvalue weighted by molar-refractivity contribution is 5.22. The Kier molecular flexibility index (Phi) is 6.43. The predicted octanol–water partition coefficient (Wildman–Crippen LogP) is 3.32. The molecule has 0 amide bonds. The van der Waals surface area contributed by atoms with E-state index in [-0.39, 0.29) is 0 Å². The van der Waals surface area contributed by atoms with Gasteiger partial charge in [-0.2, -0.15) is 0 Å². The maximum atomic E-state index is 3.50. The van der Waals surface area contributed by atoms with Gasteiger partial charge in [0.15, 0.2) is 0 Å². The molecule has 0 aromatic heterocycles. The molecule has 1 unspecified atom stereocenters. The van der Waals surface area contributed by atoms with E-state index < -0.39 is 0 Å². The molecule has 17 heavy (non-hydrogen) atoms. The van der Waals surface area contributed by atoms with Crippen molar-refractivity contribution in [1.29, 1.82) is 0 Å². The lowest BCUT2D eigenvalue weighted by atomic mass is 10.0. The van der Waals surface area contributed by atoms with Crippen molar-refractivity contribution in [3.8, 4) is 11.8 Å². The highest BCUT2D eigenvalue weighted by Crippen LogP contribution is 2.07. The van der Waals surface area contributed by atoms with E-state index in [4.69, 9.17) is 0 Å². The van der Waals surface area contributed by atoms with Crippen LogP contribution in [0.25, 0.3) is 0 Å². The zero-order valence-electron chi connectivity index (χ0n) is 11.2. The molecule has 1 heteroatoms. The smallest absolute Gasteiger partial charge is 0.0214 e. The van der Waals surface area contributed by atoms with Gasteiger partial charge in [-0.05, 0) is 39.2 Å². The van der Waals surface area contributed by atoms with E-state index in [2.05, 4.69) is 55.3 Å². The van der Waals surface area contributed by atoms with E-state index in [9.17, 15) is 0 Å². The van der Waals surface area contributed by atoms with Crippen LogP contribution >= 0.6 is 0 Å². The van der Waals surface area contributed by atoms with Gasteiger partial charge in [0.05, 0.1) is 0 Å². The summed E-state index contributed by atoms with van der Waals surface area (Å²) in [6.45, 7) is 7.28. The molecule has 1 rings (SSSR count). The van der Waals surface area contributed by atoms with E-state index in [0.717, 1.165) is 19.4 Å². The summed E-state index contributed by atoms with van der Waals surface area (Å²) in [5, 5.41) is 3.50. The summed E-state index contributed by atoms with van der Waals surface area (Å²) in [6, 6.07) is 9.33. The molecule has 0 heterocycles. The van der Waals surface area contributed by atoms with Gasteiger partial charge in [-0.3, -0.25) is 0 Å². The van der Waals surface area contributed by atoms with Crippen LogP contribution in [-0.2, 0) is 6.42 Å². The first-order valence-corrected chi connectivity index (χ1v) is 6.41. The maximum Gasteiger partial charge on any atom is 0.0214 e. The van der Waals surface area contributed by atoms with Gasteiger partial charge in [0.2, 0.25) is 0 Å². The second kappa shape index (κ2) is 7.92. The molecule has 0 aliphatic carbocycles. The van der Waals surface area contributed by atoms with Gasteiger partial charge < -0.3 is 5.32 Å². The maximum absolute atomic E-state index is 3.50. The van der Waals surface area contributed by atoms with E-state index in [1.165, 1.54) is 17.5 Å². The molecule has 1 atom stereocenters. The third kappa shape index (κ3) is 6.14. The molecule has 0 radical (unpaired) electrons. The summed E-state index contributed by atoms with van der Waals surface area (Å²) in [6.07, 6.45) is 3.28. The van der Waals surface area contributed by atoms with Crippen molar-refractivity contribution in [1.82, 2.24) is 5.32 Å². The Bertz CT molecular complexity index is 384. The Morgan fingerprint density at radius 3 is 2.88 bits per heavy atom. The zero-order valence-corrected chi connectivity index (χ0v) is 11.2. The van der Waals surface area contributed by atoms with Crippen LogP contribution in [0.4, 0.5) is 0 Å². The minimum Gasteiger partial charge on any atom is -0.313 e. The Morgan fingerprint density at radius 2 is 2.18 bits per heavy atom. The van der Waals surface area contributed by atoms with Gasteiger partial charge in [0.25, 0.3) is 0 Å². The Balaban J connectivity index is 2.22. The molecule has 1 N–H and O–H groups in total. The van der Waals surface area contributed by atoms with Crippen LogP contribution in [0.1, 0.15) is 37.8 Å². The molecule has 0 aliphatic heterocycles. The number of hydrogen-bond acceptors (Lipinski definition) is 1. The normalized spacial score (nSPS) is 11.7. The lowest BCUT2D eigenvalue weighted by Gasteiger charge is -2.12. The van der Waals surface area contributed by atoms with Gasteiger partial charge in [-0.25, -0.2) is 0 Å². The van der Waals surface area contributed by atoms with Crippen LogP contribution in [0, 0.1) is 18.8 Å². The highest BCUT2D eigenvalue weighted by atomic mass is 14.9. The summed E-state index contributed by atoms with van der Waals surface area (Å²) in [5.41, 5.74) is 2.79. The molecular weight excluding hydrogens is 206 g/mol. The molecule has 0 saturated heterocycles. The standard InChI is InChI=1S/C16H23N/c1-4-5-6-12-17-15(3)10-11-16-9-7-8-14(2)13-16/h7-9,13,15,17H,6,10-12H2,1-3H3. The monoisotopic (exact) mass is 229 g/mol. The molecule has 1 nitrogen and oxygen atoms in total. The predicted molar refractivity (Wildman–Crippen MR) is 75.0 cm³/mol. The third-order valence-electron chi connectivity index (χ3n) is 2.87. The van der Waals surface area contributed by atoms with Gasteiger partial charge in [0, 0.05) is 19.0 Å². The first kappa shape index (κ1) is 13.8. The van der Waals surface area contributed by atoms with Gasteiger partial charge >= 0.3 is 0 Å². The number of hydrogen-bond donors (Lipinski definition) is 1. The van der Waals surface area contributed by atoms with Gasteiger partial charge in [-0.1, -0.05) is 29.8 Å². The zero-order chi connectivity index (χ0) is 12.5. The van der Waals surface area contributed by atoms with Crippen molar-refractivity contribution < 1.29 is 0 Å². The van der Waals surface area contributed by atoms with Crippen LogP contribution in [0.5, 0.6) is 0 Å². The third-order valence-corrected chi connectivity index (χ3v) is 2.87. The SMILES string of the molecule is CC#CCCNC(C)CCc1cccc(C)c1. The van der Waals surface area contributed by atoms with Crippen LogP contribution in [0.15, 0.2) is 24.3 Å². The molecule has 0 saturated carbocycles. The molecule has 1 aromatic rings. The largest absolute Gasteiger partial charge is 0.313 e. The molecule has 0 bridgehead atoms. The lowest BCUT2D eigenvalue weighted by molar-refractivity contribution is 0.522. The van der Waals surface area contributed by atoms with Crippen molar-refractivity contribution in [3.05, 3.63) is 35.4 Å². The Morgan fingerprint density at radius 1 is 1.35 bits per heavy atom. The average molecular weight is 229 g/mol. The second-order valence-corrected chi connectivity index (χ2v) is 4.56. The molecule has 1 aromatic carbocycles. The summed E-state index contributed by atoms with van der Waals surface area (Å²) in [7, 11) is 0. The molecule has 0 fully saturated rings. The summed E-state index contributed by atoms with van der Waals surface area (Å²) in [4.78, 5) is 0. The topological polar surface area (TPSA) is 12.0 Å². The summed E-state index contributed by atoms with van der Waals surface area (Å²) >= 11 is 0. The molecule has 0 spiro atoms. The van der Waals surface area contributed by atoms with E-state index in [0.29, 0.717) is 6.04 Å². The first-order chi connectivity index (χ1) is 8.22.